The molecule has 0 aliphatic heterocycles. The first-order chi connectivity index (χ1) is 5.51. The first-order valence-electron chi connectivity index (χ1n) is 4.04. The van der Waals surface area contributed by atoms with Crippen molar-refractivity contribution < 1.29 is 0 Å². The second-order valence-electron chi connectivity index (χ2n) is 4.11. The number of hydrogen-bond acceptors (Lipinski definition) is 2. The minimum Gasteiger partial charge on any atom is -0.255 e. The zero-order chi connectivity index (χ0) is 9.19. The maximum absolute atomic E-state index is 4.00. The van der Waals surface area contributed by atoms with Crippen molar-refractivity contribution in [2.45, 2.75) is 25.8 Å². The lowest BCUT2D eigenvalue weighted by Crippen LogP contribution is -2.28. The maximum Gasteiger partial charge on any atom is 0.105 e. The van der Waals surface area contributed by atoms with Crippen molar-refractivity contribution in [1.29, 1.82) is 0 Å². The van der Waals surface area contributed by atoms with Gasteiger partial charge in [-0.05, 0) is 6.08 Å². The third-order valence-electron chi connectivity index (χ3n) is 1.40. The molecule has 0 radical (unpaired) electrons. The van der Waals surface area contributed by atoms with Crippen LogP contribution in [0, 0.1) is 0 Å². The molecule has 0 aliphatic rings. The number of aromatic nitrogens is 3. The molecule has 0 fully saturated rings. The van der Waals surface area contributed by atoms with E-state index in [9.17, 15) is 0 Å². The summed E-state index contributed by atoms with van der Waals surface area (Å²) in [6.45, 7) is 10.6. The molecule has 12 heavy (non-hydrogen) atoms. The van der Waals surface area contributed by atoms with Gasteiger partial charge in [-0.2, -0.15) is 0 Å². The van der Waals surface area contributed by atoms with E-state index in [4.69, 9.17) is 0 Å². The first kappa shape index (κ1) is 9.19. The summed E-state index contributed by atoms with van der Waals surface area (Å²) < 4.78 is 1.91. The van der Waals surface area contributed by atoms with E-state index in [1.165, 1.54) is 0 Å². The highest BCUT2D eigenvalue weighted by Gasteiger charge is 2.14. The van der Waals surface area contributed by atoms with Gasteiger partial charge >= 0.3 is 0 Å². The van der Waals surface area contributed by atoms with Crippen molar-refractivity contribution in [2.24, 2.45) is 0 Å². The van der Waals surface area contributed by atoms with Gasteiger partial charge in [0.2, 0.25) is 0 Å². The van der Waals surface area contributed by atoms with E-state index < -0.39 is 8.07 Å². The van der Waals surface area contributed by atoms with Crippen LogP contribution in [0.4, 0.5) is 0 Å². The lowest BCUT2D eigenvalue weighted by Gasteiger charge is -2.14. The predicted octanol–water partition coefficient (Wildman–Crippen LogP) is 1.80. The summed E-state index contributed by atoms with van der Waals surface area (Å²) in [6, 6.07) is 0. The Morgan fingerprint density at radius 2 is 2.25 bits per heavy atom. The van der Waals surface area contributed by atoms with E-state index in [-0.39, 0.29) is 0 Å². The Morgan fingerprint density at radius 3 is 2.67 bits per heavy atom. The topological polar surface area (TPSA) is 30.7 Å². The second kappa shape index (κ2) is 3.22. The largest absolute Gasteiger partial charge is 0.255 e. The van der Waals surface area contributed by atoms with Crippen LogP contribution in [0.1, 0.15) is 5.69 Å². The van der Waals surface area contributed by atoms with Crippen molar-refractivity contribution in [1.82, 2.24) is 15.0 Å². The smallest absolute Gasteiger partial charge is 0.105 e. The van der Waals surface area contributed by atoms with Crippen molar-refractivity contribution in [2.75, 3.05) is 0 Å². The SMILES string of the molecule is C=Cc1cn(C[Si](C)(C)C)nn1. The molecule has 0 saturated carbocycles. The van der Waals surface area contributed by atoms with E-state index in [0.29, 0.717) is 0 Å². The van der Waals surface area contributed by atoms with Gasteiger partial charge in [0, 0.05) is 6.17 Å². The fourth-order valence-corrected chi connectivity index (χ4v) is 2.10. The summed E-state index contributed by atoms with van der Waals surface area (Å²) in [7, 11) is -1.07. The van der Waals surface area contributed by atoms with E-state index in [1.807, 2.05) is 10.9 Å². The van der Waals surface area contributed by atoms with Crippen molar-refractivity contribution in [3.8, 4) is 0 Å². The molecular formula is C8H15N3Si. The second-order valence-corrected chi connectivity index (χ2v) is 9.54. The van der Waals surface area contributed by atoms with Gasteiger partial charge in [0.05, 0.1) is 14.3 Å². The molecule has 0 N–H and O–H groups in total. The van der Waals surface area contributed by atoms with E-state index in [1.54, 1.807) is 6.08 Å². The summed E-state index contributed by atoms with van der Waals surface area (Å²) in [4.78, 5) is 0. The molecule has 66 valence electrons. The van der Waals surface area contributed by atoms with Gasteiger partial charge in [0.1, 0.15) is 5.69 Å². The van der Waals surface area contributed by atoms with Gasteiger partial charge in [0.25, 0.3) is 0 Å². The van der Waals surface area contributed by atoms with Gasteiger partial charge in [-0.25, -0.2) is 0 Å². The fourth-order valence-electron chi connectivity index (χ4n) is 0.970. The molecule has 0 aromatic carbocycles. The standard InChI is InChI=1S/C8H15N3Si/c1-5-8-6-11(10-9-8)7-12(2,3)4/h5-6H,1,7H2,2-4H3. The molecule has 0 bridgehead atoms. The van der Waals surface area contributed by atoms with Crippen LogP contribution in [-0.2, 0) is 6.17 Å². The monoisotopic (exact) mass is 181 g/mol. The van der Waals surface area contributed by atoms with Gasteiger partial charge in [-0.3, -0.25) is 4.68 Å². The lowest BCUT2D eigenvalue weighted by atomic mass is 10.5. The summed E-state index contributed by atoms with van der Waals surface area (Å²) in [5.74, 6) is 0. The first-order valence-corrected chi connectivity index (χ1v) is 7.74. The molecule has 1 aromatic heterocycles. The summed E-state index contributed by atoms with van der Waals surface area (Å²) in [6.07, 6.45) is 4.67. The van der Waals surface area contributed by atoms with Gasteiger partial charge in [0.15, 0.2) is 0 Å². The zero-order valence-corrected chi connectivity index (χ0v) is 8.91. The summed E-state index contributed by atoms with van der Waals surface area (Å²) in [5, 5.41) is 7.94. The highest BCUT2D eigenvalue weighted by Crippen LogP contribution is 2.04. The molecule has 0 unspecified atom stereocenters. The lowest BCUT2D eigenvalue weighted by molar-refractivity contribution is 0.681. The van der Waals surface area contributed by atoms with E-state index >= 15 is 0 Å². The Morgan fingerprint density at radius 1 is 1.58 bits per heavy atom. The third kappa shape index (κ3) is 2.62. The summed E-state index contributed by atoms with van der Waals surface area (Å²) >= 11 is 0. The molecule has 1 rings (SSSR count). The minimum atomic E-state index is -1.07. The van der Waals surface area contributed by atoms with Crippen LogP contribution in [0.15, 0.2) is 12.8 Å². The van der Waals surface area contributed by atoms with E-state index in [0.717, 1.165) is 11.9 Å². The Kier molecular flexibility index (Phi) is 2.47. The number of nitrogens with zero attached hydrogens (tertiary/aromatic N) is 3. The van der Waals surface area contributed by atoms with Gasteiger partial charge in [-0.15, -0.1) is 5.10 Å². The summed E-state index contributed by atoms with van der Waals surface area (Å²) in [5.41, 5.74) is 0.855. The molecule has 4 heteroatoms. The highest BCUT2D eigenvalue weighted by molar-refractivity contribution is 6.74. The van der Waals surface area contributed by atoms with Crippen LogP contribution in [0.25, 0.3) is 6.08 Å². The zero-order valence-electron chi connectivity index (χ0n) is 7.91. The third-order valence-corrected chi connectivity index (χ3v) is 2.67. The Balaban J connectivity index is 2.70. The Hall–Kier alpha value is -0.903. The fraction of sp³-hybridized carbons (Fsp3) is 0.500. The molecule has 3 nitrogen and oxygen atoms in total. The van der Waals surface area contributed by atoms with Crippen LogP contribution < -0.4 is 0 Å². The Labute approximate surface area is 74.1 Å². The molecule has 0 saturated heterocycles. The quantitative estimate of drug-likeness (QED) is 0.666. The maximum atomic E-state index is 4.00. The van der Waals surface area contributed by atoms with E-state index in [2.05, 4.69) is 36.5 Å². The molecule has 1 aromatic rings. The number of hydrogen-bond donors (Lipinski definition) is 0. The predicted molar refractivity (Wildman–Crippen MR) is 53.5 cm³/mol. The average Bonchev–Trinajstić information content (AvgIpc) is 2.32. The van der Waals surface area contributed by atoms with Gasteiger partial charge < -0.3 is 0 Å². The molecular weight excluding hydrogens is 166 g/mol. The van der Waals surface area contributed by atoms with Crippen molar-refractivity contribution in [3.05, 3.63) is 18.5 Å². The molecule has 0 spiro atoms. The molecule has 1 heterocycles. The van der Waals surface area contributed by atoms with Crippen molar-refractivity contribution >= 4 is 14.1 Å². The highest BCUT2D eigenvalue weighted by atomic mass is 28.3. The van der Waals surface area contributed by atoms with Crippen LogP contribution in [-0.4, -0.2) is 23.1 Å². The number of rotatable bonds is 3. The van der Waals surface area contributed by atoms with Gasteiger partial charge in [-0.1, -0.05) is 31.4 Å². The molecule has 0 amide bonds. The normalized spacial score (nSPS) is 11.6. The Bertz CT molecular complexity index is 272. The van der Waals surface area contributed by atoms with Crippen molar-refractivity contribution in [3.63, 3.8) is 0 Å². The van der Waals surface area contributed by atoms with Crippen LogP contribution in [0.5, 0.6) is 0 Å². The van der Waals surface area contributed by atoms with Crippen LogP contribution >= 0.6 is 0 Å². The molecule has 0 atom stereocenters. The van der Waals surface area contributed by atoms with Crippen LogP contribution in [0.2, 0.25) is 19.6 Å². The molecule has 0 aliphatic carbocycles. The van der Waals surface area contributed by atoms with Crippen LogP contribution in [0.3, 0.4) is 0 Å². The minimum absolute atomic E-state index is 0.855. The average molecular weight is 181 g/mol.